The van der Waals surface area contributed by atoms with Crippen LogP contribution in [0.4, 0.5) is 16.0 Å². The van der Waals surface area contributed by atoms with Crippen molar-refractivity contribution < 1.29 is 9.50 Å². The average Bonchev–Trinajstić information content (AvgIpc) is 3.58. The van der Waals surface area contributed by atoms with Crippen LogP contribution < -0.4 is 9.80 Å². The number of hydrogen-bond donors (Lipinski definition) is 1. The number of nitrogens with zero attached hydrogens (tertiary/aromatic N) is 6. The molecule has 2 saturated heterocycles. The van der Waals surface area contributed by atoms with Crippen LogP contribution in [0.25, 0.3) is 17.0 Å². The highest BCUT2D eigenvalue weighted by atomic mass is 19.1. The molecule has 0 amide bonds. The summed E-state index contributed by atoms with van der Waals surface area (Å²) in [6.07, 6.45) is 4.25. The van der Waals surface area contributed by atoms with E-state index in [-0.39, 0.29) is 18.0 Å². The van der Waals surface area contributed by atoms with Crippen molar-refractivity contribution in [3.63, 3.8) is 0 Å². The Hall–Kier alpha value is -3.52. The number of pyridine rings is 1. The predicted octanol–water partition coefficient (Wildman–Crippen LogP) is 3.84. The van der Waals surface area contributed by atoms with Crippen LogP contribution in [-0.2, 0) is 0 Å². The lowest BCUT2D eigenvalue weighted by Gasteiger charge is -2.26. The third kappa shape index (κ3) is 3.70. The van der Waals surface area contributed by atoms with Crippen molar-refractivity contribution in [2.75, 3.05) is 29.4 Å². The standard InChI is InChI=1S/C25H25FN6O/c26-18-5-1-4-17(14-18)21-7-3-12-31(21)25-10-9-23-27-15-22(32(23)29-25)20-6-2-8-24(28-20)30-13-11-19(33)16-30/h1-2,4-6,8-10,14-15,19,21,33H,3,7,11-13,16H2/t19-,21?/m0/s1. The molecule has 0 aliphatic carbocycles. The molecule has 6 rings (SSSR count). The summed E-state index contributed by atoms with van der Waals surface area (Å²) in [6.45, 7) is 2.26. The number of anilines is 2. The fourth-order valence-corrected chi connectivity index (χ4v) is 4.98. The lowest BCUT2D eigenvalue weighted by molar-refractivity contribution is 0.198. The van der Waals surface area contributed by atoms with Gasteiger partial charge in [-0.1, -0.05) is 18.2 Å². The molecule has 2 fully saturated rings. The highest BCUT2D eigenvalue weighted by Gasteiger charge is 2.28. The number of rotatable bonds is 4. The van der Waals surface area contributed by atoms with Gasteiger partial charge in [-0.2, -0.15) is 0 Å². The molecule has 2 aliphatic heterocycles. The van der Waals surface area contributed by atoms with E-state index >= 15 is 0 Å². The highest BCUT2D eigenvalue weighted by molar-refractivity contribution is 5.62. The normalized spacial score (nSPS) is 20.8. The molecule has 1 unspecified atom stereocenters. The van der Waals surface area contributed by atoms with Gasteiger partial charge in [0.1, 0.15) is 23.1 Å². The van der Waals surface area contributed by atoms with Crippen LogP contribution >= 0.6 is 0 Å². The third-order valence-electron chi connectivity index (χ3n) is 6.61. The first-order chi connectivity index (χ1) is 16.2. The van der Waals surface area contributed by atoms with Gasteiger partial charge in [0, 0.05) is 19.6 Å². The van der Waals surface area contributed by atoms with Crippen LogP contribution in [0, 0.1) is 5.82 Å². The molecular weight excluding hydrogens is 419 g/mol. The second kappa shape index (κ2) is 8.12. The van der Waals surface area contributed by atoms with Gasteiger partial charge >= 0.3 is 0 Å². The van der Waals surface area contributed by atoms with Crippen molar-refractivity contribution in [1.82, 2.24) is 19.6 Å². The molecule has 0 radical (unpaired) electrons. The van der Waals surface area contributed by atoms with E-state index in [9.17, 15) is 9.50 Å². The van der Waals surface area contributed by atoms with E-state index in [1.54, 1.807) is 18.3 Å². The van der Waals surface area contributed by atoms with Crippen LogP contribution in [0.2, 0.25) is 0 Å². The fraction of sp³-hybridized carbons (Fsp3) is 0.320. The molecule has 2 atom stereocenters. The lowest BCUT2D eigenvalue weighted by Crippen LogP contribution is -2.24. The number of fused-ring (bicyclic) bond motifs is 1. The van der Waals surface area contributed by atoms with Crippen LogP contribution in [-0.4, -0.2) is 50.4 Å². The number of halogens is 1. The summed E-state index contributed by atoms with van der Waals surface area (Å²) in [7, 11) is 0. The van der Waals surface area contributed by atoms with E-state index in [1.807, 2.05) is 40.9 Å². The van der Waals surface area contributed by atoms with E-state index in [0.29, 0.717) is 6.54 Å². The molecular formula is C25H25FN6O. The summed E-state index contributed by atoms with van der Waals surface area (Å²) >= 11 is 0. The largest absolute Gasteiger partial charge is 0.391 e. The molecule has 0 saturated carbocycles. The molecule has 168 valence electrons. The average molecular weight is 445 g/mol. The minimum absolute atomic E-state index is 0.0978. The van der Waals surface area contributed by atoms with Gasteiger partial charge in [-0.15, -0.1) is 5.10 Å². The molecule has 4 aromatic rings. The molecule has 1 aromatic carbocycles. The zero-order valence-corrected chi connectivity index (χ0v) is 18.2. The molecule has 0 spiro atoms. The van der Waals surface area contributed by atoms with Crippen LogP contribution in [0.1, 0.15) is 30.9 Å². The Balaban J connectivity index is 1.36. The van der Waals surface area contributed by atoms with E-state index in [0.717, 1.165) is 66.6 Å². The summed E-state index contributed by atoms with van der Waals surface area (Å²) in [5, 5.41) is 14.8. The van der Waals surface area contributed by atoms with E-state index in [1.165, 1.54) is 6.07 Å². The number of benzene rings is 1. The van der Waals surface area contributed by atoms with Crippen molar-refractivity contribution in [2.45, 2.75) is 31.4 Å². The quantitative estimate of drug-likeness (QED) is 0.516. The summed E-state index contributed by atoms with van der Waals surface area (Å²) in [4.78, 5) is 13.7. The Kier molecular flexibility index (Phi) is 4.95. The minimum atomic E-state index is -0.304. The first kappa shape index (κ1) is 20.1. The lowest BCUT2D eigenvalue weighted by atomic mass is 10.0. The summed E-state index contributed by atoms with van der Waals surface area (Å²) in [5.74, 6) is 1.48. The smallest absolute Gasteiger partial charge is 0.154 e. The summed E-state index contributed by atoms with van der Waals surface area (Å²) in [5.41, 5.74) is 3.32. The van der Waals surface area contributed by atoms with Crippen molar-refractivity contribution in [3.8, 4) is 11.4 Å². The molecule has 33 heavy (non-hydrogen) atoms. The number of imidazole rings is 1. The van der Waals surface area contributed by atoms with Crippen molar-refractivity contribution in [2.24, 2.45) is 0 Å². The molecule has 5 heterocycles. The minimum Gasteiger partial charge on any atom is -0.391 e. The maximum atomic E-state index is 13.9. The fourth-order valence-electron chi connectivity index (χ4n) is 4.98. The van der Waals surface area contributed by atoms with Crippen LogP contribution in [0.5, 0.6) is 0 Å². The molecule has 0 bridgehead atoms. The van der Waals surface area contributed by atoms with Gasteiger partial charge in [-0.3, -0.25) is 0 Å². The topological polar surface area (TPSA) is 69.8 Å². The molecule has 2 aliphatic rings. The summed E-state index contributed by atoms with van der Waals surface area (Å²) < 4.78 is 15.7. The van der Waals surface area contributed by atoms with E-state index in [2.05, 4.69) is 14.8 Å². The van der Waals surface area contributed by atoms with Crippen molar-refractivity contribution in [1.29, 1.82) is 0 Å². The number of aliphatic hydroxyl groups excluding tert-OH is 1. The summed E-state index contributed by atoms with van der Waals surface area (Å²) in [6, 6.07) is 16.8. The third-order valence-corrected chi connectivity index (χ3v) is 6.61. The van der Waals surface area contributed by atoms with Gasteiger partial charge in [0.2, 0.25) is 0 Å². The van der Waals surface area contributed by atoms with Crippen molar-refractivity contribution in [3.05, 3.63) is 72.2 Å². The zero-order valence-electron chi connectivity index (χ0n) is 18.2. The van der Waals surface area contributed by atoms with E-state index in [4.69, 9.17) is 10.1 Å². The SMILES string of the molecule is O[C@H]1CCN(c2cccc(-c3cnc4ccc(N5CCCC5c5cccc(F)c5)nn34)n2)C1. The number of aliphatic hydroxyl groups is 1. The highest BCUT2D eigenvalue weighted by Crippen LogP contribution is 2.35. The van der Waals surface area contributed by atoms with E-state index < -0.39 is 0 Å². The van der Waals surface area contributed by atoms with Gasteiger partial charge in [0.25, 0.3) is 0 Å². The molecule has 1 N–H and O–H groups in total. The predicted molar refractivity (Wildman–Crippen MR) is 125 cm³/mol. The number of hydrogen-bond acceptors (Lipinski definition) is 6. The number of aromatic nitrogens is 4. The first-order valence-electron chi connectivity index (χ1n) is 11.4. The van der Waals surface area contributed by atoms with Gasteiger partial charge in [-0.25, -0.2) is 18.9 Å². The molecule has 3 aromatic heterocycles. The maximum absolute atomic E-state index is 13.9. The first-order valence-corrected chi connectivity index (χ1v) is 11.4. The zero-order chi connectivity index (χ0) is 22.4. The second-order valence-electron chi connectivity index (χ2n) is 8.78. The van der Waals surface area contributed by atoms with Gasteiger partial charge < -0.3 is 14.9 Å². The Morgan fingerprint density at radius 3 is 2.73 bits per heavy atom. The monoisotopic (exact) mass is 444 g/mol. The van der Waals surface area contributed by atoms with Crippen molar-refractivity contribution >= 4 is 17.3 Å². The second-order valence-corrected chi connectivity index (χ2v) is 8.78. The van der Waals surface area contributed by atoms with Gasteiger partial charge in [0.15, 0.2) is 5.65 Å². The Morgan fingerprint density at radius 1 is 0.970 bits per heavy atom. The van der Waals surface area contributed by atoms with Crippen LogP contribution in [0.15, 0.2) is 60.8 Å². The Morgan fingerprint density at radius 2 is 1.88 bits per heavy atom. The van der Waals surface area contributed by atoms with Gasteiger partial charge in [0.05, 0.1) is 24.0 Å². The Bertz CT molecular complexity index is 1310. The molecule has 8 heteroatoms. The van der Waals surface area contributed by atoms with Gasteiger partial charge in [-0.05, 0) is 61.2 Å². The van der Waals surface area contributed by atoms with Crippen LogP contribution in [0.3, 0.4) is 0 Å². The molecule has 7 nitrogen and oxygen atoms in total. The Labute approximate surface area is 191 Å². The number of β-amino-alcohol motifs (C(OH)–C–C–N with tert-alkyl or cyclic N) is 1. The maximum Gasteiger partial charge on any atom is 0.154 e.